The zero-order chi connectivity index (χ0) is 28.0. The van der Waals surface area contributed by atoms with Crippen molar-refractivity contribution < 1.29 is 19.4 Å². The third kappa shape index (κ3) is 7.85. The summed E-state index contributed by atoms with van der Waals surface area (Å²) < 4.78 is 11.6. The lowest BCUT2D eigenvalue weighted by Crippen LogP contribution is -2.48. The molecule has 1 amide bonds. The molecule has 1 atom stereocenters. The van der Waals surface area contributed by atoms with Crippen molar-refractivity contribution in [2.45, 2.75) is 44.2 Å². The Hall–Kier alpha value is -4.33. The fourth-order valence-corrected chi connectivity index (χ4v) is 4.60. The van der Waals surface area contributed by atoms with E-state index in [2.05, 4.69) is 27.5 Å². The molecule has 0 spiro atoms. The number of aliphatic imine (C=N–C) groups is 1. The van der Waals surface area contributed by atoms with Gasteiger partial charge in [-0.2, -0.15) is 0 Å². The molecule has 3 aromatic carbocycles. The Morgan fingerprint density at radius 2 is 1.77 bits per heavy atom. The highest BCUT2D eigenvalue weighted by molar-refractivity contribution is 6.00. The van der Waals surface area contributed by atoms with E-state index in [1.165, 1.54) is 5.56 Å². The summed E-state index contributed by atoms with van der Waals surface area (Å²) >= 11 is 0. The summed E-state index contributed by atoms with van der Waals surface area (Å²) in [5, 5.41) is 15.8. The van der Waals surface area contributed by atoms with E-state index in [9.17, 15) is 4.79 Å². The maximum atomic E-state index is 13.7. The molecule has 208 valence electrons. The van der Waals surface area contributed by atoms with Gasteiger partial charge in [0.25, 0.3) is 5.91 Å². The second kappa shape index (κ2) is 14.7. The molecule has 0 saturated carbocycles. The monoisotopic (exact) mass is 541 g/mol. The van der Waals surface area contributed by atoms with Gasteiger partial charge in [-0.05, 0) is 65.7 Å². The van der Waals surface area contributed by atoms with Crippen LogP contribution in [-0.4, -0.2) is 48.8 Å². The van der Waals surface area contributed by atoms with Gasteiger partial charge >= 0.3 is 0 Å². The van der Waals surface area contributed by atoms with Crippen LogP contribution in [-0.2, 0) is 28.9 Å². The largest absolute Gasteiger partial charge is 0.494 e. The molecular weight excluding hydrogens is 506 g/mol. The molecule has 1 heterocycles. The number of nitrogens with zero attached hydrogens (tertiary/aromatic N) is 4. The lowest BCUT2D eigenvalue weighted by atomic mass is 9.89. The first-order valence-corrected chi connectivity index (χ1v) is 13.6. The number of amides is 1. The molecule has 1 aliphatic rings. The Bertz CT molecular complexity index is 1320. The van der Waals surface area contributed by atoms with E-state index in [0.717, 1.165) is 36.0 Å². The molecular formula is C31H35N5O4. The van der Waals surface area contributed by atoms with Gasteiger partial charge in [0.2, 0.25) is 5.90 Å². The van der Waals surface area contributed by atoms with Crippen LogP contribution in [0, 0.1) is 0 Å². The van der Waals surface area contributed by atoms with Crippen LogP contribution in [0.2, 0.25) is 0 Å². The minimum atomic E-state index is -1.16. The maximum absolute atomic E-state index is 13.7. The quantitative estimate of drug-likeness (QED) is 0.119. The number of benzene rings is 3. The molecule has 0 aromatic heterocycles. The van der Waals surface area contributed by atoms with Crippen molar-refractivity contribution in [3.05, 3.63) is 112 Å². The summed E-state index contributed by atoms with van der Waals surface area (Å²) in [6, 6.07) is 25.3. The minimum Gasteiger partial charge on any atom is -0.494 e. The van der Waals surface area contributed by atoms with Crippen LogP contribution in [0.4, 0.5) is 0 Å². The molecule has 9 heteroatoms. The van der Waals surface area contributed by atoms with Gasteiger partial charge in [-0.3, -0.25) is 4.79 Å². The summed E-state index contributed by atoms with van der Waals surface area (Å²) in [7, 11) is 0. The number of carbonyl (C=O) groups is 1. The second-order valence-corrected chi connectivity index (χ2v) is 9.72. The van der Waals surface area contributed by atoms with Crippen molar-refractivity contribution in [1.82, 2.24) is 5.32 Å². The smallest absolute Gasteiger partial charge is 0.251 e. The third-order valence-electron chi connectivity index (χ3n) is 6.78. The summed E-state index contributed by atoms with van der Waals surface area (Å²) in [5.74, 6) is 0.890. The minimum absolute atomic E-state index is 0.0753. The normalized spacial score (nSPS) is 16.0. The Balaban J connectivity index is 1.49. The van der Waals surface area contributed by atoms with Gasteiger partial charge in [-0.1, -0.05) is 59.7 Å². The van der Waals surface area contributed by atoms with Gasteiger partial charge in [0.1, 0.15) is 12.4 Å². The first-order chi connectivity index (χ1) is 19.6. The first-order valence-electron chi connectivity index (χ1n) is 13.6. The van der Waals surface area contributed by atoms with Gasteiger partial charge in [0.15, 0.2) is 5.54 Å². The highest BCUT2D eigenvalue weighted by Crippen LogP contribution is 2.29. The SMILES string of the molecule is [N-]=[N+]=NCc1ccccc1C[C@]1(C(=O)NCCCCc2ccccc2)COC(c2ccc(OCCCO)cc2)=N1. The molecule has 2 N–H and O–H groups in total. The number of hydrogen-bond acceptors (Lipinski definition) is 6. The Morgan fingerprint density at radius 1 is 1.02 bits per heavy atom. The van der Waals surface area contributed by atoms with Gasteiger partial charge in [0.05, 0.1) is 13.2 Å². The van der Waals surface area contributed by atoms with E-state index in [4.69, 9.17) is 25.1 Å². The Kier molecular flexibility index (Phi) is 10.6. The van der Waals surface area contributed by atoms with Crippen molar-refractivity contribution in [2.75, 3.05) is 26.4 Å². The maximum Gasteiger partial charge on any atom is 0.251 e. The molecule has 0 unspecified atom stereocenters. The van der Waals surface area contributed by atoms with Crippen LogP contribution in [0.15, 0.2) is 89.0 Å². The molecule has 4 rings (SSSR count). The number of aryl methyl sites for hydroxylation is 1. The Labute approximate surface area is 234 Å². The topological polar surface area (TPSA) is 129 Å². The molecule has 0 bridgehead atoms. The number of unbranched alkanes of at least 4 members (excludes halogenated alkanes) is 1. The zero-order valence-corrected chi connectivity index (χ0v) is 22.5. The number of carbonyl (C=O) groups excluding carboxylic acids is 1. The molecule has 0 radical (unpaired) electrons. The fourth-order valence-electron chi connectivity index (χ4n) is 4.60. The molecule has 1 aliphatic heterocycles. The van der Waals surface area contributed by atoms with Gasteiger partial charge in [-0.15, -0.1) is 0 Å². The summed E-state index contributed by atoms with van der Waals surface area (Å²) in [6.45, 7) is 1.34. The van der Waals surface area contributed by atoms with E-state index in [0.29, 0.717) is 37.6 Å². The number of nitrogens with one attached hydrogen (secondary N) is 1. The summed E-state index contributed by atoms with van der Waals surface area (Å²) in [4.78, 5) is 21.4. The summed E-state index contributed by atoms with van der Waals surface area (Å²) in [5.41, 5.74) is 11.4. The van der Waals surface area contributed by atoms with Crippen LogP contribution in [0.3, 0.4) is 0 Å². The lowest BCUT2D eigenvalue weighted by Gasteiger charge is -2.24. The molecule has 0 fully saturated rings. The van der Waals surface area contributed by atoms with Crippen LogP contribution >= 0.6 is 0 Å². The van der Waals surface area contributed by atoms with E-state index in [-0.39, 0.29) is 25.7 Å². The predicted octanol–water partition coefficient (Wildman–Crippen LogP) is 5.16. The average Bonchev–Trinajstić information content (AvgIpc) is 3.43. The number of aliphatic hydroxyl groups excluding tert-OH is 1. The molecule has 9 nitrogen and oxygen atoms in total. The number of ether oxygens (including phenoxy) is 2. The fraction of sp³-hybridized carbons (Fsp3) is 0.355. The van der Waals surface area contributed by atoms with Gasteiger partial charge in [0, 0.05) is 36.5 Å². The standard InChI is InChI=1S/C31H35N5O4/c32-36-34-22-27-13-5-4-12-26(27)21-31(30(38)33-18-7-6-11-24-9-2-1-3-10-24)23-40-29(35-31)25-14-16-28(17-15-25)39-20-8-19-37/h1-5,9-10,12-17,37H,6-8,11,18-23H2,(H,33,38)/t31-/m1/s1. The third-order valence-corrected chi connectivity index (χ3v) is 6.78. The van der Waals surface area contributed by atoms with Crippen LogP contribution in [0.25, 0.3) is 10.4 Å². The van der Waals surface area contributed by atoms with Crippen LogP contribution in [0.1, 0.15) is 41.5 Å². The highest BCUT2D eigenvalue weighted by Gasteiger charge is 2.44. The second-order valence-electron chi connectivity index (χ2n) is 9.72. The van der Waals surface area contributed by atoms with Crippen LogP contribution < -0.4 is 10.1 Å². The van der Waals surface area contributed by atoms with Gasteiger partial charge in [-0.25, -0.2) is 4.99 Å². The number of hydrogen-bond donors (Lipinski definition) is 2. The van der Waals surface area contributed by atoms with Crippen molar-refractivity contribution in [3.8, 4) is 5.75 Å². The Morgan fingerprint density at radius 3 is 2.52 bits per heavy atom. The van der Waals surface area contributed by atoms with E-state index in [1.807, 2.05) is 66.7 Å². The highest BCUT2D eigenvalue weighted by atomic mass is 16.5. The van der Waals surface area contributed by atoms with E-state index < -0.39 is 5.54 Å². The molecule has 0 saturated heterocycles. The van der Waals surface area contributed by atoms with Crippen molar-refractivity contribution in [3.63, 3.8) is 0 Å². The van der Waals surface area contributed by atoms with E-state index in [1.54, 1.807) is 0 Å². The van der Waals surface area contributed by atoms with Crippen molar-refractivity contribution in [1.29, 1.82) is 0 Å². The summed E-state index contributed by atoms with van der Waals surface area (Å²) in [6.07, 6.45) is 3.64. The molecule has 3 aromatic rings. The van der Waals surface area contributed by atoms with Crippen molar-refractivity contribution in [2.24, 2.45) is 10.1 Å². The van der Waals surface area contributed by atoms with Gasteiger partial charge < -0.3 is 19.9 Å². The van der Waals surface area contributed by atoms with Crippen LogP contribution in [0.5, 0.6) is 5.75 Å². The molecule has 40 heavy (non-hydrogen) atoms. The number of rotatable bonds is 15. The predicted molar refractivity (Wildman–Crippen MR) is 154 cm³/mol. The lowest BCUT2D eigenvalue weighted by molar-refractivity contribution is -0.126. The average molecular weight is 542 g/mol. The van der Waals surface area contributed by atoms with Crippen molar-refractivity contribution >= 4 is 11.8 Å². The van der Waals surface area contributed by atoms with E-state index >= 15 is 0 Å². The first kappa shape index (κ1) is 28.7. The number of azide groups is 1. The molecule has 0 aliphatic carbocycles. The zero-order valence-electron chi connectivity index (χ0n) is 22.5. The number of aliphatic hydroxyl groups is 1.